The van der Waals surface area contributed by atoms with Crippen LogP contribution in [-0.2, 0) is 6.54 Å². The normalized spacial score (nSPS) is 22.2. The molecular weight excluding hydrogens is 229 g/mol. The molecule has 0 aliphatic carbocycles. The van der Waals surface area contributed by atoms with Crippen LogP contribution in [0, 0.1) is 5.92 Å². The molecule has 1 aliphatic rings. The van der Waals surface area contributed by atoms with E-state index in [1.807, 2.05) is 12.1 Å². The molecule has 3 heteroatoms. The summed E-state index contributed by atoms with van der Waals surface area (Å²) in [5.41, 5.74) is 1.21. The average molecular weight is 244 g/mol. The third-order valence-electron chi connectivity index (χ3n) is 2.84. The zero-order chi connectivity index (χ0) is 10.8. The number of hydrogen-bond donors (Lipinski definition) is 0. The zero-order valence-corrected chi connectivity index (χ0v) is 10.4. The molecule has 1 atom stereocenters. The highest BCUT2D eigenvalue weighted by Gasteiger charge is 2.18. The molecule has 0 spiro atoms. The summed E-state index contributed by atoms with van der Waals surface area (Å²) in [7, 11) is 0. The van der Waals surface area contributed by atoms with Crippen molar-refractivity contribution >= 4 is 23.2 Å². The molecule has 1 unspecified atom stereocenters. The molecule has 1 aromatic carbocycles. The fourth-order valence-corrected chi connectivity index (χ4v) is 2.70. The highest BCUT2D eigenvalue weighted by Crippen LogP contribution is 2.22. The molecule has 1 nitrogen and oxygen atoms in total. The predicted molar refractivity (Wildman–Crippen MR) is 65.5 cm³/mol. The maximum Gasteiger partial charge on any atom is 0.0424 e. The minimum Gasteiger partial charge on any atom is -0.299 e. The van der Waals surface area contributed by atoms with Gasteiger partial charge in [-0.3, -0.25) is 4.90 Å². The number of likely N-dealkylation sites (tertiary alicyclic amines) is 1. The van der Waals surface area contributed by atoms with Gasteiger partial charge in [0.15, 0.2) is 0 Å². The lowest BCUT2D eigenvalue weighted by molar-refractivity contribution is 0.320. The Balaban J connectivity index is 2.04. The molecule has 1 aromatic rings. The second kappa shape index (κ2) is 4.73. The maximum absolute atomic E-state index is 5.96. The minimum atomic E-state index is 0.727. The van der Waals surface area contributed by atoms with Crippen LogP contribution in [0.1, 0.15) is 18.9 Å². The van der Waals surface area contributed by atoms with Crippen LogP contribution in [0.15, 0.2) is 18.2 Å². The minimum absolute atomic E-state index is 0.727. The monoisotopic (exact) mass is 243 g/mol. The predicted octanol–water partition coefficient (Wildman–Crippen LogP) is 3.84. The van der Waals surface area contributed by atoms with Crippen molar-refractivity contribution in [3.8, 4) is 0 Å². The van der Waals surface area contributed by atoms with Gasteiger partial charge < -0.3 is 0 Å². The van der Waals surface area contributed by atoms with Crippen molar-refractivity contribution in [2.24, 2.45) is 5.92 Å². The summed E-state index contributed by atoms with van der Waals surface area (Å²) in [5.74, 6) is 0.819. The van der Waals surface area contributed by atoms with E-state index >= 15 is 0 Å². The smallest absolute Gasteiger partial charge is 0.0424 e. The number of nitrogens with zero attached hydrogens (tertiary/aromatic N) is 1. The van der Waals surface area contributed by atoms with E-state index in [4.69, 9.17) is 23.2 Å². The van der Waals surface area contributed by atoms with Crippen molar-refractivity contribution in [2.75, 3.05) is 13.1 Å². The van der Waals surface area contributed by atoms with Crippen molar-refractivity contribution in [2.45, 2.75) is 19.9 Å². The molecule has 2 rings (SSSR count). The van der Waals surface area contributed by atoms with Crippen LogP contribution in [0.5, 0.6) is 0 Å². The highest BCUT2D eigenvalue weighted by molar-refractivity contribution is 6.34. The van der Waals surface area contributed by atoms with Crippen LogP contribution in [0.25, 0.3) is 0 Å². The lowest BCUT2D eigenvalue weighted by Gasteiger charge is -2.15. The van der Waals surface area contributed by atoms with Crippen LogP contribution in [0.2, 0.25) is 10.0 Å². The molecule has 0 aromatic heterocycles. The van der Waals surface area contributed by atoms with Crippen molar-refractivity contribution in [1.82, 2.24) is 4.90 Å². The summed E-state index contributed by atoms with van der Waals surface area (Å²) in [4.78, 5) is 2.45. The Morgan fingerprint density at radius 1 is 1.27 bits per heavy atom. The molecule has 15 heavy (non-hydrogen) atoms. The van der Waals surface area contributed by atoms with Gasteiger partial charge in [0.2, 0.25) is 0 Å². The average Bonchev–Trinajstić information content (AvgIpc) is 2.49. The Morgan fingerprint density at radius 2 is 1.93 bits per heavy atom. The number of benzene rings is 1. The van der Waals surface area contributed by atoms with Gasteiger partial charge in [0.05, 0.1) is 0 Å². The quantitative estimate of drug-likeness (QED) is 0.764. The second-order valence-electron chi connectivity index (χ2n) is 4.41. The van der Waals surface area contributed by atoms with Crippen LogP contribution in [-0.4, -0.2) is 18.0 Å². The Morgan fingerprint density at radius 3 is 2.47 bits per heavy atom. The third-order valence-corrected chi connectivity index (χ3v) is 3.27. The van der Waals surface area contributed by atoms with Crippen LogP contribution in [0.3, 0.4) is 0 Å². The Labute approximate surface area is 101 Å². The Hall–Kier alpha value is -0.240. The first-order valence-electron chi connectivity index (χ1n) is 5.31. The molecule has 0 N–H and O–H groups in total. The topological polar surface area (TPSA) is 3.24 Å². The first kappa shape index (κ1) is 11.3. The van der Waals surface area contributed by atoms with Gasteiger partial charge >= 0.3 is 0 Å². The molecule has 0 amide bonds. The largest absolute Gasteiger partial charge is 0.299 e. The molecule has 82 valence electrons. The summed E-state index contributed by atoms with van der Waals surface area (Å²) in [5, 5.41) is 1.45. The van der Waals surface area contributed by atoms with Gasteiger partial charge in [-0.2, -0.15) is 0 Å². The van der Waals surface area contributed by atoms with E-state index in [0.717, 1.165) is 22.5 Å². The van der Waals surface area contributed by atoms with Gasteiger partial charge in [0, 0.05) is 23.1 Å². The molecule has 0 bridgehead atoms. The van der Waals surface area contributed by atoms with Gasteiger partial charge in [0.1, 0.15) is 0 Å². The van der Waals surface area contributed by atoms with Crippen LogP contribution < -0.4 is 0 Å². The molecule has 1 heterocycles. The SMILES string of the molecule is CC1CCN(Cc2cc(Cl)cc(Cl)c2)C1. The van der Waals surface area contributed by atoms with Crippen LogP contribution in [0.4, 0.5) is 0 Å². The van der Waals surface area contributed by atoms with Crippen molar-refractivity contribution in [3.05, 3.63) is 33.8 Å². The van der Waals surface area contributed by atoms with E-state index in [1.165, 1.54) is 25.1 Å². The molecular formula is C12H15Cl2N. The zero-order valence-electron chi connectivity index (χ0n) is 8.84. The molecule has 1 saturated heterocycles. The van der Waals surface area contributed by atoms with Gasteiger partial charge in [0.25, 0.3) is 0 Å². The van der Waals surface area contributed by atoms with E-state index in [1.54, 1.807) is 6.07 Å². The van der Waals surface area contributed by atoms with Crippen molar-refractivity contribution in [1.29, 1.82) is 0 Å². The second-order valence-corrected chi connectivity index (χ2v) is 5.28. The lowest BCUT2D eigenvalue weighted by Crippen LogP contribution is -2.19. The summed E-state index contributed by atoms with van der Waals surface area (Å²) in [6.45, 7) is 5.63. The summed E-state index contributed by atoms with van der Waals surface area (Å²) < 4.78 is 0. The summed E-state index contributed by atoms with van der Waals surface area (Å²) >= 11 is 11.9. The Kier molecular flexibility index (Phi) is 3.55. The number of halogens is 2. The van der Waals surface area contributed by atoms with E-state index in [-0.39, 0.29) is 0 Å². The lowest BCUT2D eigenvalue weighted by atomic mass is 10.2. The van der Waals surface area contributed by atoms with Gasteiger partial charge in [-0.1, -0.05) is 30.1 Å². The molecule has 0 saturated carbocycles. The van der Waals surface area contributed by atoms with Crippen LogP contribution >= 0.6 is 23.2 Å². The standard InChI is InChI=1S/C12H15Cl2N/c1-9-2-3-15(7-9)8-10-4-11(13)6-12(14)5-10/h4-6,9H,2-3,7-8H2,1H3. The van der Waals surface area contributed by atoms with E-state index in [2.05, 4.69) is 11.8 Å². The first-order valence-corrected chi connectivity index (χ1v) is 6.06. The van der Waals surface area contributed by atoms with Crippen molar-refractivity contribution < 1.29 is 0 Å². The Bertz CT molecular complexity index is 331. The van der Waals surface area contributed by atoms with E-state index < -0.39 is 0 Å². The highest BCUT2D eigenvalue weighted by atomic mass is 35.5. The molecule has 0 radical (unpaired) electrons. The van der Waals surface area contributed by atoms with Gasteiger partial charge in [-0.25, -0.2) is 0 Å². The molecule has 1 fully saturated rings. The third kappa shape index (κ3) is 3.10. The van der Waals surface area contributed by atoms with Gasteiger partial charge in [-0.05, 0) is 42.6 Å². The van der Waals surface area contributed by atoms with Crippen molar-refractivity contribution in [3.63, 3.8) is 0 Å². The maximum atomic E-state index is 5.96. The van der Waals surface area contributed by atoms with E-state index in [9.17, 15) is 0 Å². The fourth-order valence-electron chi connectivity index (χ4n) is 2.13. The first-order chi connectivity index (χ1) is 7.13. The summed E-state index contributed by atoms with van der Waals surface area (Å²) in [6.07, 6.45) is 1.30. The fraction of sp³-hybridized carbons (Fsp3) is 0.500. The molecule has 1 aliphatic heterocycles. The van der Waals surface area contributed by atoms with E-state index in [0.29, 0.717) is 0 Å². The number of rotatable bonds is 2. The van der Waals surface area contributed by atoms with Gasteiger partial charge in [-0.15, -0.1) is 0 Å². The number of hydrogen-bond acceptors (Lipinski definition) is 1. The summed E-state index contributed by atoms with van der Waals surface area (Å²) in [6, 6.07) is 5.77.